The third-order valence-electron chi connectivity index (χ3n) is 13.6. The number of fused-ring (bicyclic) bond motifs is 4. The van der Waals surface area contributed by atoms with E-state index in [0.29, 0.717) is 28.9 Å². The average Bonchev–Trinajstić information content (AvgIpc) is 3.95. The summed E-state index contributed by atoms with van der Waals surface area (Å²) in [5.74, 6) is -1.58. The first-order valence-electron chi connectivity index (χ1n) is 20.0. The van der Waals surface area contributed by atoms with Gasteiger partial charge in [0.2, 0.25) is 11.8 Å². The molecule has 56 heavy (non-hydrogen) atoms. The highest BCUT2D eigenvalue weighted by Gasteiger charge is 2.73. The Labute approximate surface area is 326 Å². The molecule has 2 aliphatic heterocycles. The summed E-state index contributed by atoms with van der Waals surface area (Å²) in [6.07, 6.45) is 12.7. The van der Waals surface area contributed by atoms with Gasteiger partial charge in [-0.25, -0.2) is 13.1 Å². The number of H-pyrrole nitrogens is 1. The fourth-order valence-electron chi connectivity index (χ4n) is 9.96. The molecule has 5 aliphatic rings. The van der Waals surface area contributed by atoms with Gasteiger partial charge in [0.15, 0.2) is 5.58 Å². The van der Waals surface area contributed by atoms with Crippen molar-refractivity contribution in [3.63, 3.8) is 0 Å². The number of likely N-dealkylation sites (tertiary alicyclic amines) is 1. The molecular weight excluding hydrogens is 733 g/mol. The summed E-state index contributed by atoms with van der Waals surface area (Å²) in [6, 6.07) is 11.9. The number of carbonyl (C=O) groups excluding carboxylic acids is 3. The maximum Gasteiger partial charge on any atom is 0.296 e. The van der Waals surface area contributed by atoms with Crippen LogP contribution in [0.5, 0.6) is 5.75 Å². The molecule has 296 valence electrons. The summed E-state index contributed by atoms with van der Waals surface area (Å²) in [7, 11) is -2.72. The molecule has 3 aliphatic carbocycles. The van der Waals surface area contributed by atoms with Crippen LogP contribution in [0.2, 0.25) is 0 Å². The number of hydrogen-bond acceptors (Lipinski definition) is 9. The van der Waals surface area contributed by atoms with Gasteiger partial charge >= 0.3 is 0 Å². The molecule has 0 radical (unpaired) electrons. The molecule has 2 aromatic heterocycles. The molecule has 4 aromatic rings. The fraction of sp³-hybridized carbons (Fsp3) is 0.524. The summed E-state index contributed by atoms with van der Waals surface area (Å²) in [4.78, 5) is 53.1. The first kappa shape index (κ1) is 36.8. The van der Waals surface area contributed by atoms with Crippen molar-refractivity contribution in [3.05, 3.63) is 60.3 Å². The van der Waals surface area contributed by atoms with E-state index in [1.165, 1.54) is 6.07 Å². The third-order valence-corrected chi connectivity index (χ3v) is 15.0. The van der Waals surface area contributed by atoms with Gasteiger partial charge < -0.3 is 29.7 Å². The summed E-state index contributed by atoms with van der Waals surface area (Å²) >= 11 is 0. The van der Waals surface area contributed by atoms with Crippen molar-refractivity contribution in [2.45, 2.75) is 94.5 Å². The maximum atomic E-state index is 14.7. The molecule has 14 heteroatoms. The number of oxazole rings is 1. The van der Waals surface area contributed by atoms with Crippen molar-refractivity contribution in [2.24, 2.45) is 28.6 Å². The lowest BCUT2D eigenvalue weighted by Crippen LogP contribution is -2.58. The number of methoxy groups -OCH3 is 1. The van der Waals surface area contributed by atoms with Crippen LogP contribution in [0.3, 0.4) is 0 Å². The summed E-state index contributed by atoms with van der Waals surface area (Å²) in [6.45, 7) is 4.57. The Kier molecular flexibility index (Phi) is 8.79. The Bertz CT molecular complexity index is 2380. The van der Waals surface area contributed by atoms with Crippen LogP contribution in [0.15, 0.2) is 63.9 Å². The van der Waals surface area contributed by atoms with Gasteiger partial charge in [0.1, 0.15) is 27.7 Å². The number of para-hydroxylation sites is 1. The smallest absolute Gasteiger partial charge is 0.296 e. The molecule has 2 bridgehead atoms. The van der Waals surface area contributed by atoms with Crippen LogP contribution >= 0.6 is 0 Å². The highest BCUT2D eigenvalue weighted by atomic mass is 32.2. The Morgan fingerprint density at radius 2 is 1.89 bits per heavy atom. The van der Waals surface area contributed by atoms with Gasteiger partial charge in [0.05, 0.1) is 18.5 Å². The van der Waals surface area contributed by atoms with E-state index in [1.54, 1.807) is 31.4 Å². The average molecular weight is 783 g/mol. The van der Waals surface area contributed by atoms with Gasteiger partial charge in [-0.15, -0.1) is 0 Å². The number of aryl methyl sites for hydroxylation is 1. The number of carbonyl (C=O) groups is 3. The minimum absolute atomic E-state index is 0.00385. The molecular formula is C42H50N6O7S. The van der Waals surface area contributed by atoms with E-state index in [1.807, 2.05) is 37.0 Å². The van der Waals surface area contributed by atoms with Gasteiger partial charge in [0.25, 0.3) is 21.9 Å². The number of amides is 3. The molecule has 4 heterocycles. The second-order valence-corrected chi connectivity index (χ2v) is 18.8. The third kappa shape index (κ3) is 6.06. The van der Waals surface area contributed by atoms with Crippen LogP contribution in [0.4, 0.5) is 6.01 Å². The molecule has 4 fully saturated rings. The van der Waals surface area contributed by atoms with Crippen molar-refractivity contribution >= 4 is 55.8 Å². The molecule has 13 nitrogen and oxygen atoms in total. The molecule has 2 aromatic carbocycles. The van der Waals surface area contributed by atoms with Gasteiger partial charge in [-0.2, -0.15) is 4.98 Å². The minimum atomic E-state index is -4.30. The number of sulfonamides is 1. The lowest BCUT2D eigenvalue weighted by molar-refractivity contribution is -0.138. The van der Waals surface area contributed by atoms with E-state index in [-0.39, 0.29) is 52.9 Å². The SMILES string of the molecule is COc1ccc2oc(NC(C(=O)N3C[C@H](C(=O)N[C@]45C[C@H]4/C=C\CCCCCc4cc6cccc(c6[nH]4)S(=O)(=O)NC5=O)[C@]4(CCC45CC5)C3)C(C)C)nc2c1. The summed E-state index contributed by atoms with van der Waals surface area (Å²) < 4.78 is 41.5. The van der Waals surface area contributed by atoms with E-state index in [2.05, 4.69) is 31.4 Å². The van der Waals surface area contributed by atoms with E-state index >= 15 is 0 Å². The fourth-order valence-corrected chi connectivity index (χ4v) is 11.2. The number of nitrogens with one attached hydrogen (secondary N) is 4. The van der Waals surface area contributed by atoms with E-state index < -0.39 is 38.8 Å². The standard InChI is InChI=1S/C42H50N6O7S/c1-25(2)34(45-39-44-31-21-29(54-3)14-15-32(31)55-39)37(50)48-23-30(41(24-48)19-18-40(41)16-17-40)36(49)46-42-22-27(42)11-7-5-4-6-8-12-28-20-26-10-9-13-33(35(26)43-28)56(52,53)47-38(42)51/h7,9-11,13-15,20-21,25,27,30,34,43H,4-6,8,12,16-19,22-24H2,1-3H3,(H,44,45)(H,46,49)(H,47,51)/b11-7-/t27-,30-,34?,41+,42-/m1/s1. The lowest BCUT2D eigenvalue weighted by Gasteiger charge is -2.51. The number of aromatic amines is 1. The first-order chi connectivity index (χ1) is 26.9. The lowest BCUT2D eigenvalue weighted by atomic mass is 9.52. The quantitative estimate of drug-likeness (QED) is 0.168. The van der Waals surface area contributed by atoms with Gasteiger partial charge in [-0.1, -0.05) is 44.6 Å². The molecule has 9 rings (SSSR count). The first-order valence-corrected chi connectivity index (χ1v) is 21.5. The molecule has 3 amide bonds. The topological polar surface area (TPSA) is 176 Å². The van der Waals surface area contributed by atoms with E-state index in [9.17, 15) is 22.8 Å². The van der Waals surface area contributed by atoms with Gasteiger partial charge in [-0.3, -0.25) is 14.4 Å². The predicted octanol–water partition coefficient (Wildman–Crippen LogP) is 5.83. The van der Waals surface area contributed by atoms with E-state index in [4.69, 9.17) is 9.15 Å². The highest BCUT2D eigenvalue weighted by Crippen LogP contribution is 2.75. The number of nitrogens with zero attached hydrogens (tertiary/aromatic N) is 2. The Hall–Kier alpha value is -4.85. The molecule has 1 saturated heterocycles. The van der Waals surface area contributed by atoms with Crippen LogP contribution in [-0.2, 0) is 30.8 Å². The van der Waals surface area contributed by atoms with E-state index in [0.717, 1.165) is 68.9 Å². The van der Waals surface area contributed by atoms with Crippen molar-refractivity contribution in [1.29, 1.82) is 0 Å². The number of aromatic nitrogens is 2. The van der Waals surface area contributed by atoms with Gasteiger partial charge in [0, 0.05) is 41.6 Å². The second-order valence-electron chi connectivity index (χ2n) is 17.2. The zero-order chi connectivity index (χ0) is 39.0. The largest absolute Gasteiger partial charge is 0.497 e. The van der Waals surface area contributed by atoms with Crippen molar-refractivity contribution < 1.29 is 32.0 Å². The zero-order valence-corrected chi connectivity index (χ0v) is 33.0. The van der Waals surface area contributed by atoms with Crippen molar-refractivity contribution in [1.82, 2.24) is 24.9 Å². The number of rotatable bonds is 7. The summed E-state index contributed by atoms with van der Waals surface area (Å²) in [5, 5.41) is 7.13. The van der Waals surface area contributed by atoms with Crippen LogP contribution in [0, 0.1) is 28.6 Å². The van der Waals surface area contributed by atoms with Crippen molar-refractivity contribution in [2.75, 3.05) is 25.5 Å². The van der Waals surface area contributed by atoms with Gasteiger partial charge in [-0.05, 0) is 93.4 Å². The van der Waals surface area contributed by atoms with Crippen molar-refractivity contribution in [3.8, 4) is 5.75 Å². The number of hydrogen-bond donors (Lipinski definition) is 4. The summed E-state index contributed by atoms with van der Waals surface area (Å²) in [5.41, 5.74) is 0.728. The Balaban J connectivity index is 0.979. The monoisotopic (exact) mass is 782 g/mol. The highest BCUT2D eigenvalue weighted by molar-refractivity contribution is 7.90. The number of allylic oxidation sites excluding steroid dienone is 1. The normalized spacial score (nSPS) is 28.9. The molecule has 1 unspecified atom stereocenters. The van der Waals surface area contributed by atoms with Crippen LogP contribution < -0.4 is 20.1 Å². The molecule has 2 spiro atoms. The molecule has 3 saturated carbocycles. The van der Waals surface area contributed by atoms with Crippen LogP contribution in [-0.4, -0.2) is 72.8 Å². The number of anilines is 1. The zero-order valence-electron chi connectivity index (χ0n) is 32.2. The van der Waals surface area contributed by atoms with Crippen LogP contribution in [0.1, 0.15) is 77.3 Å². The number of benzene rings is 2. The molecule has 4 N–H and O–H groups in total. The minimum Gasteiger partial charge on any atom is -0.497 e. The van der Waals surface area contributed by atoms with Crippen LogP contribution in [0.25, 0.3) is 22.0 Å². The molecule has 5 atom stereocenters. The maximum absolute atomic E-state index is 14.7. The predicted molar refractivity (Wildman–Crippen MR) is 210 cm³/mol. The second kappa shape index (κ2) is 13.4. The Morgan fingerprint density at radius 1 is 1.07 bits per heavy atom. The Morgan fingerprint density at radius 3 is 2.64 bits per heavy atom. The number of ether oxygens (including phenoxy) is 1.